The number of hydrogen-bond donors (Lipinski definition) is 1. The Morgan fingerprint density at radius 3 is 2.59 bits per heavy atom. The highest BCUT2D eigenvalue weighted by atomic mass is 16.5. The van der Waals surface area contributed by atoms with Crippen LogP contribution in [0.2, 0.25) is 0 Å². The number of amides is 1. The summed E-state index contributed by atoms with van der Waals surface area (Å²) >= 11 is 0. The zero-order valence-corrected chi connectivity index (χ0v) is 12.0. The normalized spacial score (nSPS) is 10.4. The van der Waals surface area contributed by atoms with Crippen molar-refractivity contribution in [2.24, 2.45) is 0 Å². The largest absolute Gasteiger partial charge is 0.459 e. The van der Waals surface area contributed by atoms with Crippen LogP contribution in [0.3, 0.4) is 0 Å². The number of rotatable bonds is 4. The van der Waals surface area contributed by atoms with Gasteiger partial charge in [-0.15, -0.1) is 0 Å². The molecule has 2 rings (SSSR count). The quantitative estimate of drug-likeness (QED) is 0.690. The van der Waals surface area contributed by atoms with Gasteiger partial charge in [0.25, 0.3) is 0 Å². The van der Waals surface area contributed by atoms with E-state index in [1.807, 2.05) is 24.3 Å². The number of anilines is 1. The van der Waals surface area contributed by atoms with Gasteiger partial charge in [-0.2, -0.15) is 0 Å². The predicted octanol–water partition coefficient (Wildman–Crippen LogP) is 2.15. The Bertz CT molecular complexity index is 667. The number of carbonyl (C=O) groups excluding carboxylic acids is 2. The second-order valence-corrected chi connectivity index (χ2v) is 4.26. The van der Waals surface area contributed by atoms with Crippen molar-refractivity contribution < 1.29 is 14.3 Å². The molecule has 0 unspecified atom stereocenters. The molecule has 0 aliphatic rings. The minimum atomic E-state index is -0.893. The van der Waals surface area contributed by atoms with Crippen LogP contribution in [0.15, 0.2) is 42.9 Å². The van der Waals surface area contributed by atoms with Crippen molar-refractivity contribution in [1.29, 1.82) is 0 Å². The van der Waals surface area contributed by atoms with Crippen LogP contribution in [0, 0.1) is 0 Å². The molecule has 1 amide bonds. The lowest BCUT2D eigenvalue weighted by atomic mass is 10.2. The fourth-order valence-corrected chi connectivity index (χ4v) is 1.64. The number of ether oxygens (including phenoxy) is 1. The first-order valence-corrected chi connectivity index (χ1v) is 6.71. The Morgan fingerprint density at radius 2 is 1.95 bits per heavy atom. The molecule has 1 heterocycles. The average Bonchev–Trinajstić information content (AvgIpc) is 2.55. The van der Waals surface area contributed by atoms with Crippen molar-refractivity contribution >= 4 is 29.7 Å². The maximum absolute atomic E-state index is 11.5. The SMILES string of the molecule is CCOC(=O)C(=O)Nc1ccc(/C=C/c2ccncn2)cc1. The van der Waals surface area contributed by atoms with Crippen molar-refractivity contribution in [2.45, 2.75) is 6.92 Å². The number of aromatic nitrogens is 2. The third-order valence-corrected chi connectivity index (χ3v) is 2.68. The summed E-state index contributed by atoms with van der Waals surface area (Å²) in [6.07, 6.45) is 6.89. The number of nitrogens with zero attached hydrogens (tertiary/aromatic N) is 2. The van der Waals surface area contributed by atoms with Gasteiger partial charge in [-0.3, -0.25) is 4.79 Å². The Labute approximate surface area is 127 Å². The molecule has 22 heavy (non-hydrogen) atoms. The molecule has 0 saturated heterocycles. The van der Waals surface area contributed by atoms with E-state index in [4.69, 9.17) is 0 Å². The van der Waals surface area contributed by atoms with Crippen molar-refractivity contribution in [3.8, 4) is 0 Å². The van der Waals surface area contributed by atoms with Gasteiger partial charge in [-0.1, -0.05) is 18.2 Å². The first-order valence-electron chi connectivity index (χ1n) is 6.71. The molecule has 0 radical (unpaired) electrons. The minimum absolute atomic E-state index is 0.166. The molecule has 1 N–H and O–H groups in total. The van der Waals surface area contributed by atoms with E-state index in [0.717, 1.165) is 11.3 Å². The van der Waals surface area contributed by atoms with Crippen molar-refractivity contribution in [1.82, 2.24) is 9.97 Å². The topological polar surface area (TPSA) is 81.2 Å². The Balaban J connectivity index is 1.97. The maximum Gasteiger partial charge on any atom is 0.397 e. The van der Waals surface area contributed by atoms with E-state index in [1.54, 1.807) is 31.3 Å². The van der Waals surface area contributed by atoms with Gasteiger partial charge in [0.05, 0.1) is 12.3 Å². The standard InChI is InChI=1S/C16H15N3O3/c1-2-22-16(21)15(20)19-14-7-4-12(5-8-14)3-6-13-9-10-17-11-18-13/h3-11H,2H2,1H3,(H,19,20)/b6-3+. The van der Waals surface area contributed by atoms with Crippen molar-refractivity contribution in [3.63, 3.8) is 0 Å². The number of hydrogen-bond acceptors (Lipinski definition) is 5. The van der Waals surface area contributed by atoms with Gasteiger partial charge in [-0.25, -0.2) is 14.8 Å². The molecule has 0 bridgehead atoms. The third-order valence-electron chi connectivity index (χ3n) is 2.68. The van der Waals surface area contributed by atoms with Crippen LogP contribution in [0.1, 0.15) is 18.2 Å². The van der Waals surface area contributed by atoms with Crippen molar-refractivity contribution in [2.75, 3.05) is 11.9 Å². The highest BCUT2D eigenvalue weighted by molar-refractivity contribution is 6.37. The summed E-state index contributed by atoms with van der Waals surface area (Å²) in [5, 5.41) is 2.47. The molecule has 1 aromatic carbocycles. The Hall–Kier alpha value is -3.02. The zero-order chi connectivity index (χ0) is 15.8. The summed E-state index contributed by atoms with van der Waals surface area (Å²) in [4.78, 5) is 30.6. The Morgan fingerprint density at radius 1 is 1.18 bits per heavy atom. The second-order valence-electron chi connectivity index (χ2n) is 4.26. The van der Waals surface area contributed by atoms with Gasteiger partial charge in [-0.05, 0) is 36.8 Å². The van der Waals surface area contributed by atoms with E-state index in [0.29, 0.717) is 5.69 Å². The summed E-state index contributed by atoms with van der Waals surface area (Å²) in [7, 11) is 0. The molecule has 2 aromatic rings. The molecule has 0 aliphatic heterocycles. The second kappa shape index (κ2) is 7.68. The van der Waals surface area contributed by atoms with E-state index in [-0.39, 0.29) is 6.61 Å². The monoisotopic (exact) mass is 297 g/mol. The van der Waals surface area contributed by atoms with E-state index in [2.05, 4.69) is 20.0 Å². The molecular formula is C16H15N3O3. The van der Waals surface area contributed by atoms with Gasteiger partial charge in [0.15, 0.2) is 0 Å². The van der Waals surface area contributed by atoms with Gasteiger partial charge in [0.1, 0.15) is 6.33 Å². The van der Waals surface area contributed by atoms with E-state index in [9.17, 15) is 9.59 Å². The molecule has 6 nitrogen and oxygen atoms in total. The number of esters is 1. The van der Waals surface area contributed by atoms with E-state index < -0.39 is 11.9 Å². The molecule has 0 saturated carbocycles. The van der Waals surface area contributed by atoms with Crippen LogP contribution < -0.4 is 5.32 Å². The van der Waals surface area contributed by atoms with Crippen LogP contribution in [-0.4, -0.2) is 28.5 Å². The Kier molecular flexibility index (Phi) is 5.37. The number of carbonyl (C=O) groups is 2. The summed E-state index contributed by atoms with van der Waals surface area (Å²) in [6, 6.07) is 8.84. The van der Waals surface area contributed by atoms with Crippen LogP contribution >= 0.6 is 0 Å². The van der Waals surface area contributed by atoms with Gasteiger partial charge >= 0.3 is 11.9 Å². The van der Waals surface area contributed by atoms with Crippen LogP contribution in [0.4, 0.5) is 5.69 Å². The fourth-order valence-electron chi connectivity index (χ4n) is 1.64. The molecule has 0 fully saturated rings. The van der Waals surface area contributed by atoms with Gasteiger partial charge in [0, 0.05) is 11.9 Å². The molecule has 0 spiro atoms. The first-order chi connectivity index (χ1) is 10.7. The number of benzene rings is 1. The summed E-state index contributed by atoms with van der Waals surface area (Å²) in [6.45, 7) is 1.81. The summed E-state index contributed by atoms with van der Waals surface area (Å²) in [5.41, 5.74) is 2.26. The lowest BCUT2D eigenvalue weighted by Gasteiger charge is -2.04. The van der Waals surface area contributed by atoms with E-state index >= 15 is 0 Å². The fraction of sp³-hybridized carbons (Fsp3) is 0.125. The van der Waals surface area contributed by atoms with Crippen LogP contribution in [0.25, 0.3) is 12.2 Å². The molecular weight excluding hydrogens is 282 g/mol. The highest BCUT2D eigenvalue weighted by Crippen LogP contribution is 2.12. The minimum Gasteiger partial charge on any atom is -0.459 e. The highest BCUT2D eigenvalue weighted by Gasteiger charge is 2.14. The first kappa shape index (κ1) is 15.4. The lowest BCUT2D eigenvalue weighted by molar-refractivity contribution is -0.152. The van der Waals surface area contributed by atoms with Gasteiger partial charge in [0.2, 0.25) is 0 Å². The maximum atomic E-state index is 11.5. The predicted molar refractivity (Wildman–Crippen MR) is 82.7 cm³/mol. The summed E-state index contributed by atoms with van der Waals surface area (Å²) < 4.78 is 4.61. The molecule has 6 heteroatoms. The smallest absolute Gasteiger partial charge is 0.397 e. The summed E-state index contributed by atoms with van der Waals surface area (Å²) in [5.74, 6) is -1.68. The van der Waals surface area contributed by atoms with Crippen molar-refractivity contribution in [3.05, 3.63) is 54.1 Å². The molecule has 112 valence electrons. The van der Waals surface area contributed by atoms with Crippen LogP contribution in [0.5, 0.6) is 0 Å². The molecule has 1 aromatic heterocycles. The molecule has 0 aliphatic carbocycles. The third kappa shape index (κ3) is 4.52. The van der Waals surface area contributed by atoms with E-state index in [1.165, 1.54) is 6.33 Å². The number of nitrogens with one attached hydrogen (secondary N) is 1. The zero-order valence-electron chi connectivity index (χ0n) is 12.0. The lowest BCUT2D eigenvalue weighted by Crippen LogP contribution is -2.24. The average molecular weight is 297 g/mol. The molecule has 0 atom stereocenters. The van der Waals surface area contributed by atoms with Gasteiger partial charge < -0.3 is 10.1 Å². The van der Waals surface area contributed by atoms with Crippen LogP contribution in [-0.2, 0) is 14.3 Å².